The van der Waals surface area contributed by atoms with Crippen LogP contribution in [0.1, 0.15) is 251 Å². The molecule has 0 heterocycles. The van der Waals surface area contributed by atoms with E-state index in [0.717, 1.165) is 116 Å². The molecular formula is C68H110O5. The Labute approximate surface area is 450 Å². The van der Waals surface area contributed by atoms with Gasteiger partial charge in [0.15, 0.2) is 6.10 Å². The third-order valence-electron chi connectivity index (χ3n) is 12.4. The summed E-state index contributed by atoms with van der Waals surface area (Å²) in [6.45, 7) is 4.00. The summed E-state index contributed by atoms with van der Waals surface area (Å²) in [6, 6.07) is 0. The van der Waals surface area contributed by atoms with Crippen molar-refractivity contribution in [1.29, 1.82) is 0 Å². The molecule has 0 aliphatic heterocycles. The Morgan fingerprint density at radius 3 is 0.890 bits per heavy atom. The molecule has 0 aromatic rings. The van der Waals surface area contributed by atoms with Gasteiger partial charge in [0.2, 0.25) is 0 Å². The highest BCUT2D eigenvalue weighted by Gasteiger charge is 2.16. The summed E-state index contributed by atoms with van der Waals surface area (Å²) in [5.74, 6) is -0.644. The van der Waals surface area contributed by atoms with Crippen molar-refractivity contribution >= 4 is 11.9 Å². The highest BCUT2D eigenvalue weighted by atomic mass is 16.6. The maximum atomic E-state index is 12.3. The number of allylic oxidation sites excluding steroid dienone is 24. The second kappa shape index (κ2) is 62.1. The van der Waals surface area contributed by atoms with Crippen molar-refractivity contribution in [2.45, 2.75) is 258 Å². The molecule has 0 radical (unpaired) electrons. The largest absolute Gasteiger partial charge is 0.462 e. The van der Waals surface area contributed by atoms with Gasteiger partial charge in [0.25, 0.3) is 0 Å². The lowest BCUT2D eigenvalue weighted by atomic mass is 10.0. The van der Waals surface area contributed by atoms with Gasteiger partial charge in [0, 0.05) is 12.8 Å². The number of rotatable bonds is 53. The predicted molar refractivity (Wildman–Crippen MR) is 320 cm³/mol. The van der Waals surface area contributed by atoms with Crippen molar-refractivity contribution < 1.29 is 24.2 Å². The van der Waals surface area contributed by atoms with E-state index in [1.807, 2.05) is 0 Å². The zero-order valence-electron chi connectivity index (χ0n) is 47.1. The Bertz CT molecular complexity index is 1560. The fourth-order valence-electron chi connectivity index (χ4n) is 7.95. The first kappa shape index (κ1) is 68.8. The summed E-state index contributed by atoms with van der Waals surface area (Å²) >= 11 is 0. The van der Waals surface area contributed by atoms with Gasteiger partial charge in [-0.05, 0) is 103 Å². The van der Waals surface area contributed by atoms with Crippen molar-refractivity contribution in [3.05, 3.63) is 146 Å². The zero-order chi connectivity index (χ0) is 52.7. The van der Waals surface area contributed by atoms with Crippen LogP contribution in [0.4, 0.5) is 0 Å². The van der Waals surface area contributed by atoms with Crippen LogP contribution in [-0.4, -0.2) is 36.4 Å². The number of hydrogen-bond donors (Lipinski definition) is 1. The number of unbranched alkanes of at least 4 members (excludes halogenated alkanes) is 21. The van der Waals surface area contributed by atoms with Crippen LogP contribution in [-0.2, 0) is 19.1 Å². The first-order chi connectivity index (χ1) is 36.1. The molecule has 0 spiro atoms. The smallest absolute Gasteiger partial charge is 0.306 e. The highest BCUT2D eigenvalue weighted by molar-refractivity contribution is 5.70. The van der Waals surface area contributed by atoms with Gasteiger partial charge in [-0.3, -0.25) is 9.59 Å². The number of aliphatic hydroxyl groups is 1. The molecule has 0 amide bonds. The van der Waals surface area contributed by atoms with Crippen LogP contribution in [0.2, 0.25) is 0 Å². The number of hydrogen-bond acceptors (Lipinski definition) is 5. The average Bonchev–Trinajstić information content (AvgIpc) is 3.39. The molecule has 1 N–H and O–H groups in total. The first-order valence-corrected chi connectivity index (χ1v) is 29.9. The summed E-state index contributed by atoms with van der Waals surface area (Å²) < 4.78 is 10.7. The molecule has 1 atom stereocenters. The normalized spacial score (nSPS) is 13.3. The molecule has 0 saturated carbocycles. The number of ether oxygens (including phenoxy) is 2. The average molecular weight is 1010 g/mol. The van der Waals surface area contributed by atoms with Crippen LogP contribution in [0, 0.1) is 0 Å². The van der Waals surface area contributed by atoms with E-state index < -0.39 is 6.10 Å². The third-order valence-corrected chi connectivity index (χ3v) is 12.4. The van der Waals surface area contributed by atoms with Gasteiger partial charge in [-0.25, -0.2) is 0 Å². The molecule has 0 aromatic carbocycles. The van der Waals surface area contributed by atoms with Crippen molar-refractivity contribution in [3.8, 4) is 0 Å². The molecular weight excluding hydrogens is 897 g/mol. The van der Waals surface area contributed by atoms with E-state index in [2.05, 4.69) is 160 Å². The summed E-state index contributed by atoms with van der Waals surface area (Å²) in [6.07, 6.45) is 94.0. The fraction of sp³-hybridized carbons (Fsp3) is 0.618. The minimum atomic E-state index is -0.804. The van der Waals surface area contributed by atoms with Crippen molar-refractivity contribution in [2.24, 2.45) is 0 Å². The maximum absolute atomic E-state index is 12.3. The zero-order valence-corrected chi connectivity index (χ0v) is 47.1. The van der Waals surface area contributed by atoms with E-state index >= 15 is 0 Å². The first-order valence-electron chi connectivity index (χ1n) is 29.9. The number of carbonyl (C=O) groups excluding carboxylic acids is 2. The third kappa shape index (κ3) is 60.2. The fourth-order valence-corrected chi connectivity index (χ4v) is 7.95. The number of carbonyl (C=O) groups is 2. The summed E-state index contributed by atoms with van der Waals surface area (Å²) in [5, 5.41) is 9.65. The lowest BCUT2D eigenvalue weighted by molar-refractivity contribution is -0.161. The van der Waals surface area contributed by atoms with Crippen LogP contribution in [0.5, 0.6) is 0 Å². The van der Waals surface area contributed by atoms with E-state index in [0.29, 0.717) is 12.8 Å². The highest BCUT2D eigenvalue weighted by Crippen LogP contribution is 2.16. The molecule has 5 heteroatoms. The minimum Gasteiger partial charge on any atom is -0.462 e. The van der Waals surface area contributed by atoms with Crippen LogP contribution in [0.3, 0.4) is 0 Å². The second-order valence-electron chi connectivity index (χ2n) is 19.3. The van der Waals surface area contributed by atoms with Crippen LogP contribution in [0.15, 0.2) is 146 Å². The standard InChI is InChI=1S/C68H110O5/c1-3-5-7-9-11-13-15-17-19-21-23-25-26-27-28-29-30-31-32-33-34-35-36-37-38-39-40-41-42-43-45-47-49-51-53-55-57-59-61-63-68(71)73-66(64-69)65-72-67(70)62-60-58-56-54-52-50-48-46-44-24-22-20-18-16-14-12-10-8-6-4-2/h5,7,11,13,17,19,23,25,27-28,30-31,33-34,36-37,39-40,42-43,47,49,53,55,66,69H,3-4,6,8-10,12,14-16,18,20-22,24,26,29,32,35,38,41,44-46,48,50-52,54,56-65H2,1-2H3/b7-5-,13-11-,19-17-,25-23-,28-27-,31-30-,34-33-,37-36-,40-39-,43-42-,49-47-,55-53-. The molecule has 0 aliphatic carbocycles. The summed E-state index contributed by atoms with van der Waals surface area (Å²) in [4.78, 5) is 24.5. The molecule has 0 aromatic heterocycles. The van der Waals surface area contributed by atoms with Crippen LogP contribution >= 0.6 is 0 Å². The quantitative estimate of drug-likeness (QED) is 0.0373. The van der Waals surface area contributed by atoms with Gasteiger partial charge in [-0.15, -0.1) is 0 Å². The number of aliphatic hydroxyl groups excluding tert-OH is 1. The lowest BCUT2D eigenvalue weighted by Crippen LogP contribution is -2.28. The monoisotopic (exact) mass is 1010 g/mol. The Hall–Kier alpha value is -4.22. The molecule has 0 saturated heterocycles. The van der Waals surface area contributed by atoms with E-state index in [1.165, 1.54) is 109 Å². The minimum absolute atomic E-state index is 0.0893. The van der Waals surface area contributed by atoms with Gasteiger partial charge in [-0.2, -0.15) is 0 Å². The molecule has 0 bridgehead atoms. The van der Waals surface area contributed by atoms with Gasteiger partial charge in [0.05, 0.1) is 6.61 Å². The van der Waals surface area contributed by atoms with Gasteiger partial charge in [0.1, 0.15) is 6.61 Å². The Morgan fingerprint density at radius 2 is 0.589 bits per heavy atom. The summed E-state index contributed by atoms with van der Waals surface area (Å²) in [7, 11) is 0. The van der Waals surface area contributed by atoms with Crippen molar-refractivity contribution in [3.63, 3.8) is 0 Å². The van der Waals surface area contributed by atoms with Crippen molar-refractivity contribution in [2.75, 3.05) is 13.2 Å². The van der Waals surface area contributed by atoms with Crippen LogP contribution < -0.4 is 0 Å². The molecule has 1 unspecified atom stereocenters. The Morgan fingerprint density at radius 1 is 0.329 bits per heavy atom. The van der Waals surface area contributed by atoms with E-state index in [1.54, 1.807) is 0 Å². The molecule has 73 heavy (non-hydrogen) atoms. The number of esters is 2. The van der Waals surface area contributed by atoms with Gasteiger partial charge in [-0.1, -0.05) is 282 Å². The van der Waals surface area contributed by atoms with E-state index in [4.69, 9.17) is 9.47 Å². The molecule has 5 nitrogen and oxygen atoms in total. The van der Waals surface area contributed by atoms with E-state index in [9.17, 15) is 14.7 Å². The Kier molecular flexibility index (Phi) is 58.5. The molecule has 0 fully saturated rings. The van der Waals surface area contributed by atoms with Crippen molar-refractivity contribution in [1.82, 2.24) is 0 Å². The van der Waals surface area contributed by atoms with Gasteiger partial charge >= 0.3 is 11.9 Å². The maximum Gasteiger partial charge on any atom is 0.306 e. The molecule has 412 valence electrons. The topological polar surface area (TPSA) is 72.8 Å². The predicted octanol–water partition coefficient (Wildman–Crippen LogP) is 20.6. The van der Waals surface area contributed by atoms with E-state index in [-0.39, 0.29) is 25.2 Å². The lowest BCUT2D eigenvalue weighted by Gasteiger charge is -2.15. The Balaban J connectivity index is 3.67. The molecule has 0 rings (SSSR count). The summed E-state index contributed by atoms with van der Waals surface area (Å²) in [5.41, 5.74) is 0. The van der Waals surface area contributed by atoms with Crippen LogP contribution in [0.25, 0.3) is 0 Å². The van der Waals surface area contributed by atoms with Gasteiger partial charge < -0.3 is 14.6 Å². The molecule has 0 aliphatic rings. The SMILES string of the molecule is CC/C=C\C/C=C\C/C=C\C/C=C\C/C=C\C/C=C\C/C=C\C/C=C\C/C=C\C/C=C\C/C=C\C/C=C\CCCCC(=O)OC(CO)COC(=O)CCCCCCCCCCCCCCCCCCCCCC. The second-order valence-corrected chi connectivity index (χ2v) is 19.3.